The van der Waals surface area contributed by atoms with Gasteiger partial charge in [0.1, 0.15) is 5.60 Å². The Hall–Kier alpha value is -4.11. The molecule has 4 aromatic rings. The lowest BCUT2D eigenvalue weighted by molar-refractivity contribution is 0.00863. The number of benzene rings is 4. The number of amides is 2. The number of nitrogens with zero attached hydrogens (tertiary/aromatic N) is 2. The zero-order valence-corrected chi connectivity index (χ0v) is 27.3. The van der Waals surface area contributed by atoms with E-state index in [1.165, 1.54) is 4.90 Å². The quantitative estimate of drug-likeness (QED) is 0.223. The summed E-state index contributed by atoms with van der Waals surface area (Å²) in [7, 11) is 0. The van der Waals surface area contributed by atoms with Crippen molar-refractivity contribution in [2.24, 2.45) is 0 Å². The van der Waals surface area contributed by atoms with Gasteiger partial charge in [0.15, 0.2) is 5.78 Å². The maximum Gasteiger partial charge on any atom is 0.410 e. The summed E-state index contributed by atoms with van der Waals surface area (Å²) in [6.07, 6.45) is -0.455. The number of hydrogen-bond donors (Lipinski definition) is 1. The standard InChI is InChI=1S/C36H35ClN2O5.H2S/c1-36(2,3)44-35(43)38-21-26-13-7-10-16-32(26)39(22-27(38)23-40)34(42)30-18-17-24(19-31(30)37)20-33(41)29-15-9-8-14-28(29)25-11-5-4-6-12-25;/h4-19,27,40H,20-23H2,1-3H3;1H2/t27-;/m0./s1. The molecule has 1 atom stereocenters. The molecule has 0 aromatic heterocycles. The SMILES string of the molecule is CC(C)(C)OC(=O)N1Cc2ccccc2N(C(=O)c2ccc(CC(=O)c3ccccc3-c3ccccc3)cc2Cl)C[C@H]1CO.S. The van der Waals surface area contributed by atoms with Gasteiger partial charge in [-0.2, -0.15) is 13.5 Å². The Labute approximate surface area is 275 Å². The minimum Gasteiger partial charge on any atom is -0.444 e. The van der Waals surface area contributed by atoms with Gasteiger partial charge in [0.05, 0.1) is 29.8 Å². The Morgan fingerprint density at radius 1 is 0.889 bits per heavy atom. The lowest BCUT2D eigenvalue weighted by atomic mass is 9.94. The molecule has 1 aliphatic heterocycles. The Balaban J connectivity index is 0.00000461. The van der Waals surface area contributed by atoms with Crippen molar-refractivity contribution in [1.29, 1.82) is 0 Å². The summed E-state index contributed by atoms with van der Waals surface area (Å²) in [5.41, 5.74) is 3.99. The zero-order valence-electron chi connectivity index (χ0n) is 25.5. The number of aliphatic hydroxyl groups is 1. The van der Waals surface area contributed by atoms with Crippen LogP contribution >= 0.6 is 25.1 Å². The molecule has 0 aliphatic carbocycles. The highest BCUT2D eigenvalue weighted by Gasteiger charge is 2.36. The van der Waals surface area contributed by atoms with Crippen molar-refractivity contribution in [1.82, 2.24) is 4.90 Å². The fraction of sp³-hybridized carbons (Fsp3) is 0.250. The van der Waals surface area contributed by atoms with Gasteiger partial charge in [-0.1, -0.05) is 90.5 Å². The molecule has 5 rings (SSSR count). The molecule has 1 heterocycles. The second-order valence-corrected chi connectivity index (χ2v) is 12.2. The maximum absolute atomic E-state index is 14.0. The largest absolute Gasteiger partial charge is 0.444 e. The maximum atomic E-state index is 14.0. The minimum atomic E-state index is -0.724. The first kappa shape index (κ1) is 33.8. The number of ketones is 1. The molecule has 234 valence electrons. The first-order chi connectivity index (χ1) is 21.1. The van der Waals surface area contributed by atoms with Crippen LogP contribution in [0, 0.1) is 0 Å². The van der Waals surface area contributed by atoms with Gasteiger partial charge in [-0.15, -0.1) is 0 Å². The first-order valence-electron chi connectivity index (χ1n) is 14.5. The molecule has 0 spiro atoms. The molecule has 7 nitrogen and oxygen atoms in total. The van der Waals surface area contributed by atoms with Crippen molar-refractivity contribution in [3.8, 4) is 11.1 Å². The van der Waals surface area contributed by atoms with Gasteiger partial charge in [0.25, 0.3) is 5.91 Å². The summed E-state index contributed by atoms with van der Waals surface area (Å²) >= 11 is 6.70. The van der Waals surface area contributed by atoms with Crippen molar-refractivity contribution in [3.63, 3.8) is 0 Å². The molecule has 0 unspecified atom stereocenters. The number of ether oxygens (including phenoxy) is 1. The number of aliphatic hydroxyl groups excluding tert-OH is 1. The Kier molecular flexibility index (Phi) is 10.8. The number of hydrogen-bond acceptors (Lipinski definition) is 5. The van der Waals surface area contributed by atoms with Gasteiger partial charge in [-0.05, 0) is 61.2 Å². The number of carbonyl (C=O) groups is 3. The summed E-state index contributed by atoms with van der Waals surface area (Å²) in [5, 5.41) is 10.5. The molecule has 0 saturated carbocycles. The van der Waals surface area contributed by atoms with Crippen molar-refractivity contribution in [3.05, 3.63) is 124 Å². The van der Waals surface area contributed by atoms with Crippen molar-refractivity contribution in [2.45, 2.75) is 45.4 Å². The van der Waals surface area contributed by atoms with E-state index in [0.717, 1.165) is 16.7 Å². The topological polar surface area (TPSA) is 87.2 Å². The molecule has 9 heteroatoms. The van der Waals surface area contributed by atoms with Crippen LogP contribution in [-0.4, -0.2) is 52.6 Å². The van der Waals surface area contributed by atoms with E-state index in [0.29, 0.717) is 16.8 Å². The molecule has 1 aliphatic rings. The highest BCUT2D eigenvalue weighted by molar-refractivity contribution is 7.59. The van der Waals surface area contributed by atoms with Crippen LogP contribution in [0.4, 0.5) is 10.5 Å². The molecule has 4 aromatic carbocycles. The number of rotatable bonds is 6. The molecular formula is C36H37ClN2O5S. The molecule has 0 radical (unpaired) electrons. The molecule has 0 saturated heterocycles. The lowest BCUT2D eigenvalue weighted by Crippen LogP contribution is -2.49. The number of fused-ring (bicyclic) bond motifs is 1. The molecular weight excluding hydrogens is 608 g/mol. The second kappa shape index (κ2) is 14.3. The van der Waals surface area contributed by atoms with Crippen LogP contribution in [0.25, 0.3) is 11.1 Å². The smallest absolute Gasteiger partial charge is 0.410 e. The fourth-order valence-corrected chi connectivity index (χ4v) is 5.66. The highest BCUT2D eigenvalue weighted by Crippen LogP contribution is 2.32. The van der Waals surface area contributed by atoms with Gasteiger partial charge in [0, 0.05) is 24.2 Å². The zero-order chi connectivity index (χ0) is 31.4. The lowest BCUT2D eigenvalue weighted by Gasteiger charge is -2.32. The van der Waals surface area contributed by atoms with E-state index in [1.54, 1.807) is 43.9 Å². The van der Waals surface area contributed by atoms with Gasteiger partial charge < -0.3 is 14.7 Å². The Morgan fingerprint density at radius 3 is 2.24 bits per heavy atom. The van der Waals surface area contributed by atoms with Crippen LogP contribution in [0.15, 0.2) is 97.1 Å². The predicted molar refractivity (Wildman–Crippen MR) is 183 cm³/mol. The van der Waals surface area contributed by atoms with Gasteiger partial charge in [0.2, 0.25) is 0 Å². The van der Waals surface area contributed by atoms with Gasteiger partial charge in [-0.25, -0.2) is 4.79 Å². The van der Waals surface area contributed by atoms with E-state index < -0.39 is 17.7 Å². The number of para-hydroxylation sites is 1. The summed E-state index contributed by atoms with van der Waals surface area (Å²) in [5.74, 6) is -0.437. The van der Waals surface area contributed by atoms with Crippen molar-refractivity contribution < 1.29 is 24.2 Å². The van der Waals surface area contributed by atoms with Gasteiger partial charge in [-0.3, -0.25) is 14.5 Å². The first-order valence-corrected chi connectivity index (χ1v) is 14.9. The average molecular weight is 645 g/mol. The van der Waals surface area contributed by atoms with E-state index in [9.17, 15) is 19.5 Å². The predicted octanol–water partition coefficient (Wildman–Crippen LogP) is 7.30. The highest BCUT2D eigenvalue weighted by atomic mass is 35.5. The van der Waals surface area contributed by atoms with E-state index >= 15 is 0 Å². The third-order valence-corrected chi connectivity index (χ3v) is 7.79. The number of anilines is 1. The van der Waals surface area contributed by atoms with E-state index in [2.05, 4.69) is 0 Å². The van der Waals surface area contributed by atoms with Crippen molar-refractivity contribution >= 4 is 48.6 Å². The molecule has 0 fully saturated rings. The third kappa shape index (κ3) is 7.76. The number of carbonyl (C=O) groups excluding carboxylic acids is 3. The van der Waals surface area contributed by atoms with Crippen LogP contribution in [-0.2, 0) is 17.7 Å². The second-order valence-electron chi connectivity index (χ2n) is 11.8. The van der Waals surface area contributed by atoms with Crippen LogP contribution in [0.1, 0.15) is 52.6 Å². The average Bonchev–Trinajstić information content (AvgIpc) is 3.17. The minimum absolute atomic E-state index is 0. The Bertz CT molecular complexity index is 1690. The van der Waals surface area contributed by atoms with Crippen molar-refractivity contribution in [2.75, 3.05) is 18.1 Å². The molecule has 1 N–H and O–H groups in total. The van der Waals surface area contributed by atoms with Crippen LogP contribution in [0.2, 0.25) is 5.02 Å². The number of Topliss-reactive ketones (excluding diaryl/α,β-unsaturated/α-hetero) is 1. The molecule has 45 heavy (non-hydrogen) atoms. The summed E-state index contributed by atoms with van der Waals surface area (Å²) in [4.78, 5) is 43.6. The summed E-state index contributed by atoms with van der Waals surface area (Å²) in [6, 6.07) is 28.9. The molecule has 2 amide bonds. The Morgan fingerprint density at radius 2 is 1.56 bits per heavy atom. The summed E-state index contributed by atoms with van der Waals surface area (Å²) < 4.78 is 5.61. The van der Waals surface area contributed by atoms with E-state index in [1.807, 2.05) is 78.9 Å². The van der Waals surface area contributed by atoms with E-state index in [4.69, 9.17) is 16.3 Å². The fourth-order valence-electron chi connectivity index (χ4n) is 5.37. The molecule has 0 bridgehead atoms. The van der Waals surface area contributed by atoms with Crippen LogP contribution < -0.4 is 4.90 Å². The normalized spacial score (nSPS) is 14.6. The summed E-state index contributed by atoms with van der Waals surface area (Å²) in [6.45, 7) is 5.18. The van der Waals surface area contributed by atoms with E-state index in [-0.39, 0.29) is 61.9 Å². The number of halogens is 1. The van der Waals surface area contributed by atoms with Crippen LogP contribution in [0.5, 0.6) is 0 Å². The van der Waals surface area contributed by atoms with Crippen LogP contribution in [0.3, 0.4) is 0 Å². The monoisotopic (exact) mass is 644 g/mol. The van der Waals surface area contributed by atoms with Gasteiger partial charge >= 0.3 is 6.09 Å². The third-order valence-electron chi connectivity index (χ3n) is 7.48.